The number of hydrogen-bond acceptors (Lipinski definition) is 5. The van der Waals surface area contributed by atoms with Crippen LogP contribution in [0.15, 0.2) is 15.8 Å². The van der Waals surface area contributed by atoms with Crippen LogP contribution in [0.1, 0.15) is 12.6 Å². The Kier molecular flexibility index (Phi) is 4.43. The second-order valence-corrected chi connectivity index (χ2v) is 20.5. The second-order valence-electron chi connectivity index (χ2n) is 6.07. The van der Waals surface area contributed by atoms with Crippen LogP contribution in [0, 0.1) is 0 Å². The third-order valence-electron chi connectivity index (χ3n) is 3.47. The molecule has 1 aromatic heterocycles. The SMILES string of the molecule is [CH3][Sn]([CH3])([CH3])[c]1cn([C@H]2CC(O)[C@@H](CO)O2)c(=O)[nH]c1=O. The molecule has 1 saturated heterocycles. The number of nitrogens with one attached hydrogen (secondary N) is 1. The number of H-pyrrole nitrogens is 1. The average molecular weight is 391 g/mol. The van der Waals surface area contributed by atoms with Crippen molar-refractivity contribution in [2.75, 3.05) is 6.61 Å². The number of hydrogen-bond donors (Lipinski definition) is 3. The molecule has 8 heteroatoms. The fourth-order valence-corrected chi connectivity index (χ4v) is 5.91. The van der Waals surface area contributed by atoms with E-state index < -0.39 is 42.5 Å². The van der Waals surface area contributed by atoms with E-state index in [-0.39, 0.29) is 18.6 Å². The third-order valence-corrected chi connectivity index (χ3v) is 9.10. The predicted octanol–water partition coefficient (Wildman–Crippen LogP) is -1.28. The van der Waals surface area contributed by atoms with Gasteiger partial charge >= 0.3 is 120 Å². The Hall–Kier alpha value is -0.641. The summed E-state index contributed by atoms with van der Waals surface area (Å²) in [6, 6.07) is 0. The molecule has 1 aromatic rings. The molecule has 0 saturated carbocycles. The standard InChI is InChI=1S/C9H11N2O5.3CH3.Sn/c12-4-6-5(13)3-8(16-6)11-2-1-7(14)10-9(11)15;;;;/h2,5-6,8,12-13H,3-4H2,(H,10,14,15);3*1H3;/t5?,6-,8-;;;;/m1..../s1. The minimum atomic E-state index is -2.65. The van der Waals surface area contributed by atoms with E-state index in [1.54, 1.807) is 6.20 Å². The summed E-state index contributed by atoms with van der Waals surface area (Å²) in [4.78, 5) is 32.4. The van der Waals surface area contributed by atoms with Crippen LogP contribution in [-0.2, 0) is 4.74 Å². The summed E-state index contributed by atoms with van der Waals surface area (Å²) in [6.45, 7) is -0.304. The molecule has 1 aliphatic heterocycles. The number of aromatic nitrogens is 2. The van der Waals surface area contributed by atoms with Gasteiger partial charge in [-0.2, -0.15) is 0 Å². The Bertz CT molecular complexity index is 603. The first kappa shape index (κ1) is 15.7. The van der Waals surface area contributed by atoms with E-state index in [9.17, 15) is 14.7 Å². The van der Waals surface area contributed by atoms with Crippen LogP contribution in [0.5, 0.6) is 0 Å². The summed E-state index contributed by atoms with van der Waals surface area (Å²) in [5.74, 6) is 0. The molecule has 2 rings (SSSR count). The quantitative estimate of drug-likeness (QED) is 0.558. The third kappa shape index (κ3) is 3.00. The zero-order valence-corrected chi connectivity index (χ0v) is 14.6. The second kappa shape index (κ2) is 5.63. The van der Waals surface area contributed by atoms with Crippen molar-refractivity contribution in [2.24, 2.45) is 0 Å². The van der Waals surface area contributed by atoms with Crippen LogP contribution in [0.2, 0.25) is 14.8 Å². The Morgan fingerprint density at radius 1 is 1.45 bits per heavy atom. The fraction of sp³-hybridized carbons (Fsp3) is 0.667. The van der Waals surface area contributed by atoms with E-state index in [4.69, 9.17) is 9.84 Å². The molecular formula is C12H20N2O5Sn. The molecule has 0 aromatic carbocycles. The van der Waals surface area contributed by atoms with Gasteiger partial charge in [-0.15, -0.1) is 0 Å². The van der Waals surface area contributed by atoms with Crippen molar-refractivity contribution in [1.29, 1.82) is 0 Å². The zero-order valence-electron chi connectivity index (χ0n) is 11.8. The number of rotatable bonds is 3. The van der Waals surface area contributed by atoms with Gasteiger partial charge in [-0.05, 0) is 0 Å². The van der Waals surface area contributed by atoms with Gasteiger partial charge < -0.3 is 0 Å². The Balaban J connectivity index is 2.43. The molecule has 20 heavy (non-hydrogen) atoms. The molecular weight excluding hydrogens is 371 g/mol. The summed E-state index contributed by atoms with van der Waals surface area (Å²) in [6.07, 6.45) is -0.380. The molecule has 1 aliphatic rings. The number of aliphatic hydroxyl groups is 2. The summed E-state index contributed by atoms with van der Waals surface area (Å²) in [5.41, 5.74) is -0.878. The van der Waals surface area contributed by atoms with E-state index in [2.05, 4.69) is 19.8 Å². The monoisotopic (exact) mass is 392 g/mol. The van der Waals surface area contributed by atoms with E-state index in [0.717, 1.165) is 0 Å². The Labute approximate surface area is 120 Å². The van der Waals surface area contributed by atoms with E-state index >= 15 is 0 Å². The van der Waals surface area contributed by atoms with Gasteiger partial charge in [0.1, 0.15) is 0 Å². The topological polar surface area (TPSA) is 105 Å². The fourth-order valence-electron chi connectivity index (χ4n) is 2.28. The Morgan fingerprint density at radius 2 is 2.10 bits per heavy atom. The normalized spacial score (nSPS) is 26.9. The number of ether oxygens (including phenoxy) is 1. The van der Waals surface area contributed by atoms with Crippen LogP contribution < -0.4 is 14.8 Å². The average Bonchev–Trinajstić information content (AvgIpc) is 2.68. The molecule has 3 atom stereocenters. The van der Waals surface area contributed by atoms with Crippen molar-refractivity contribution in [1.82, 2.24) is 9.55 Å². The van der Waals surface area contributed by atoms with E-state index in [1.807, 2.05) is 0 Å². The van der Waals surface area contributed by atoms with Crippen molar-refractivity contribution in [2.45, 2.75) is 39.7 Å². The van der Waals surface area contributed by atoms with Crippen LogP contribution in [0.4, 0.5) is 0 Å². The molecule has 0 spiro atoms. The maximum absolute atomic E-state index is 11.9. The molecule has 2 heterocycles. The number of nitrogens with zero attached hydrogens (tertiary/aromatic N) is 1. The maximum atomic E-state index is 11.9. The molecule has 0 radical (unpaired) electrons. The van der Waals surface area contributed by atoms with Crippen LogP contribution in [0.25, 0.3) is 0 Å². The van der Waals surface area contributed by atoms with Gasteiger partial charge in [-0.3, -0.25) is 0 Å². The number of aliphatic hydroxyl groups excluding tert-OH is 2. The van der Waals surface area contributed by atoms with Gasteiger partial charge in [-0.25, -0.2) is 0 Å². The van der Waals surface area contributed by atoms with Crippen molar-refractivity contribution in [3.63, 3.8) is 0 Å². The first-order valence-corrected chi connectivity index (χ1v) is 16.5. The Morgan fingerprint density at radius 3 is 2.60 bits per heavy atom. The van der Waals surface area contributed by atoms with Crippen LogP contribution in [0.3, 0.4) is 0 Å². The van der Waals surface area contributed by atoms with Gasteiger partial charge in [-0.1, -0.05) is 0 Å². The van der Waals surface area contributed by atoms with Gasteiger partial charge in [0.05, 0.1) is 0 Å². The molecule has 1 unspecified atom stereocenters. The van der Waals surface area contributed by atoms with Crippen LogP contribution in [-0.4, -0.2) is 57.0 Å². The van der Waals surface area contributed by atoms with Gasteiger partial charge in [0.2, 0.25) is 0 Å². The first-order valence-electron chi connectivity index (χ1n) is 6.54. The molecule has 0 amide bonds. The van der Waals surface area contributed by atoms with Crippen molar-refractivity contribution in [3.8, 4) is 0 Å². The summed E-state index contributed by atoms with van der Waals surface area (Å²) in [5, 5.41) is 18.8. The summed E-state index contributed by atoms with van der Waals surface area (Å²) in [7, 11) is 0. The van der Waals surface area contributed by atoms with Gasteiger partial charge in [0.25, 0.3) is 0 Å². The molecule has 0 bridgehead atoms. The minimum absolute atomic E-state index is 0.219. The molecule has 0 aliphatic carbocycles. The summed E-state index contributed by atoms with van der Waals surface area (Å²) < 4.78 is 7.45. The zero-order chi connectivity index (χ0) is 15.1. The van der Waals surface area contributed by atoms with Crippen molar-refractivity contribution < 1.29 is 14.9 Å². The van der Waals surface area contributed by atoms with Gasteiger partial charge in [0, 0.05) is 0 Å². The van der Waals surface area contributed by atoms with Gasteiger partial charge in [0.15, 0.2) is 0 Å². The first-order chi connectivity index (χ1) is 9.24. The molecule has 7 nitrogen and oxygen atoms in total. The van der Waals surface area contributed by atoms with Crippen LogP contribution >= 0.6 is 0 Å². The van der Waals surface area contributed by atoms with E-state index in [1.165, 1.54) is 4.57 Å². The van der Waals surface area contributed by atoms with Crippen molar-refractivity contribution >= 4 is 22.0 Å². The predicted molar refractivity (Wildman–Crippen MR) is 75.9 cm³/mol. The molecule has 3 N–H and O–H groups in total. The molecule has 112 valence electrons. The van der Waals surface area contributed by atoms with E-state index in [0.29, 0.717) is 3.58 Å². The molecule has 1 fully saturated rings. The summed E-state index contributed by atoms with van der Waals surface area (Å²) >= 11 is -2.65. The number of aromatic amines is 1. The van der Waals surface area contributed by atoms with Crippen molar-refractivity contribution in [3.05, 3.63) is 27.0 Å².